The number of carbonyl (C=O) groups excluding carboxylic acids is 1. The van der Waals surface area contributed by atoms with Crippen molar-refractivity contribution in [3.05, 3.63) is 40.2 Å². The SMILES string of the molecule is CC(C)(C)c1csc(C2CCCCN2C(=O)CCc2ccco2)n1. The van der Waals surface area contributed by atoms with Crippen LogP contribution in [-0.4, -0.2) is 22.3 Å². The van der Waals surface area contributed by atoms with Gasteiger partial charge in [0.05, 0.1) is 18.0 Å². The molecular formula is C19H26N2O2S. The van der Waals surface area contributed by atoms with E-state index in [0.29, 0.717) is 12.8 Å². The third kappa shape index (κ3) is 3.89. The van der Waals surface area contributed by atoms with Crippen LogP contribution in [0.1, 0.15) is 69.0 Å². The highest BCUT2D eigenvalue weighted by Gasteiger charge is 2.31. The molecule has 0 saturated carbocycles. The normalized spacial score (nSPS) is 18.8. The summed E-state index contributed by atoms with van der Waals surface area (Å²) in [5.74, 6) is 1.09. The molecule has 1 saturated heterocycles. The van der Waals surface area contributed by atoms with Gasteiger partial charge in [-0.05, 0) is 31.4 Å². The molecule has 1 unspecified atom stereocenters. The van der Waals surface area contributed by atoms with E-state index in [4.69, 9.17) is 9.40 Å². The quantitative estimate of drug-likeness (QED) is 0.805. The lowest BCUT2D eigenvalue weighted by Crippen LogP contribution is -2.38. The van der Waals surface area contributed by atoms with Crippen molar-refractivity contribution in [2.75, 3.05) is 6.54 Å². The van der Waals surface area contributed by atoms with Crippen molar-refractivity contribution in [1.29, 1.82) is 0 Å². The van der Waals surface area contributed by atoms with Crippen LogP contribution in [0.5, 0.6) is 0 Å². The Morgan fingerprint density at radius 1 is 1.42 bits per heavy atom. The second kappa shape index (κ2) is 7.09. The van der Waals surface area contributed by atoms with Crippen molar-refractivity contribution in [3.8, 4) is 0 Å². The van der Waals surface area contributed by atoms with Gasteiger partial charge in [0.25, 0.3) is 0 Å². The Morgan fingerprint density at radius 2 is 2.25 bits per heavy atom. The maximum atomic E-state index is 12.7. The van der Waals surface area contributed by atoms with Gasteiger partial charge in [-0.1, -0.05) is 20.8 Å². The Balaban J connectivity index is 1.70. The van der Waals surface area contributed by atoms with E-state index >= 15 is 0 Å². The summed E-state index contributed by atoms with van der Waals surface area (Å²) in [6.07, 6.45) is 6.09. The summed E-state index contributed by atoms with van der Waals surface area (Å²) in [5, 5.41) is 3.24. The van der Waals surface area contributed by atoms with Crippen LogP contribution in [-0.2, 0) is 16.6 Å². The molecule has 1 fully saturated rings. The molecule has 0 radical (unpaired) electrons. The van der Waals surface area contributed by atoms with Crippen LogP contribution in [0.4, 0.5) is 0 Å². The number of aryl methyl sites for hydroxylation is 1. The molecule has 1 amide bonds. The van der Waals surface area contributed by atoms with Crippen molar-refractivity contribution < 1.29 is 9.21 Å². The fourth-order valence-corrected chi connectivity index (χ4v) is 4.29. The number of hydrogen-bond donors (Lipinski definition) is 0. The predicted octanol–water partition coefficient (Wildman–Crippen LogP) is 4.72. The minimum atomic E-state index is 0.0531. The molecule has 5 heteroatoms. The highest BCUT2D eigenvalue weighted by Crippen LogP contribution is 2.35. The van der Waals surface area contributed by atoms with Gasteiger partial charge in [0.15, 0.2) is 0 Å². The fraction of sp³-hybridized carbons (Fsp3) is 0.579. The summed E-state index contributed by atoms with van der Waals surface area (Å²) >= 11 is 1.70. The number of hydrogen-bond acceptors (Lipinski definition) is 4. The molecule has 24 heavy (non-hydrogen) atoms. The number of nitrogens with zero attached hydrogens (tertiary/aromatic N) is 2. The van der Waals surface area contributed by atoms with Crippen LogP contribution in [0.3, 0.4) is 0 Å². The molecule has 2 aromatic heterocycles. The highest BCUT2D eigenvalue weighted by atomic mass is 32.1. The van der Waals surface area contributed by atoms with Crippen LogP contribution in [0, 0.1) is 0 Å². The molecule has 0 aromatic carbocycles. The minimum Gasteiger partial charge on any atom is -0.469 e. The summed E-state index contributed by atoms with van der Waals surface area (Å²) in [7, 11) is 0. The van der Waals surface area contributed by atoms with Crippen molar-refractivity contribution in [1.82, 2.24) is 9.88 Å². The number of aromatic nitrogens is 1. The zero-order valence-corrected chi connectivity index (χ0v) is 15.6. The summed E-state index contributed by atoms with van der Waals surface area (Å²) in [6, 6.07) is 3.94. The molecule has 130 valence electrons. The second-order valence-electron chi connectivity index (χ2n) is 7.50. The number of thiazole rings is 1. The van der Waals surface area contributed by atoms with Gasteiger partial charge in [-0.15, -0.1) is 11.3 Å². The molecule has 4 nitrogen and oxygen atoms in total. The van der Waals surface area contributed by atoms with Crippen LogP contribution >= 0.6 is 11.3 Å². The van der Waals surface area contributed by atoms with Gasteiger partial charge in [0, 0.05) is 30.2 Å². The largest absolute Gasteiger partial charge is 0.469 e. The van der Waals surface area contributed by atoms with E-state index in [1.807, 2.05) is 17.0 Å². The summed E-state index contributed by atoms with van der Waals surface area (Å²) in [4.78, 5) is 19.6. The van der Waals surface area contributed by atoms with Gasteiger partial charge in [0.2, 0.25) is 5.91 Å². The smallest absolute Gasteiger partial charge is 0.223 e. The van der Waals surface area contributed by atoms with E-state index in [2.05, 4.69) is 26.2 Å². The standard InChI is InChI=1S/C19H26N2O2S/c1-19(2,3)16-13-24-18(20-16)15-8-4-5-11-21(15)17(22)10-9-14-7-6-12-23-14/h6-7,12-13,15H,4-5,8-11H2,1-3H3. The van der Waals surface area contributed by atoms with E-state index in [0.717, 1.165) is 42.3 Å². The number of piperidine rings is 1. The monoisotopic (exact) mass is 346 g/mol. The Hall–Kier alpha value is -1.62. The number of amides is 1. The molecule has 3 heterocycles. The first kappa shape index (κ1) is 17.2. The zero-order chi connectivity index (χ0) is 17.2. The lowest BCUT2D eigenvalue weighted by molar-refractivity contribution is -0.135. The molecule has 1 aliphatic heterocycles. The second-order valence-corrected chi connectivity index (χ2v) is 8.39. The van der Waals surface area contributed by atoms with Crippen LogP contribution < -0.4 is 0 Å². The van der Waals surface area contributed by atoms with Gasteiger partial charge in [-0.2, -0.15) is 0 Å². The van der Waals surface area contributed by atoms with Crippen LogP contribution in [0.15, 0.2) is 28.2 Å². The summed E-state index contributed by atoms with van der Waals surface area (Å²) < 4.78 is 5.34. The lowest BCUT2D eigenvalue weighted by atomic mass is 9.93. The molecule has 0 aliphatic carbocycles. The van der Waals surface area contributed by atoms with E-state index in [9.17, 15) is 4.79 Å². The van der Waals surface area contributed by atoms with Gasteiger partial charge in [0.1, 0.15) is 10.8 Å². The summed E-state index contributed by atoms with van der Waals surface area (Å²) in [6.45, 7) is 7.38. The molecular weight excluding hydrogens is 320 g/mol. The maximum absolute atomic E-state index is 12.7. The first-order valence-corrected chi connectivity index (χ1v) is 9.61. The molecule has 3 rings (SSSR count). The Kier molecular flexibility index (Phi) is 5.09. The Labute approximate surface area is 147 Å². The minimum absolute atomic E-state index is 0.0531. The van der Waals surface area contributed by atoms with Crippen LogP contribution in [0.25, 0.3) is 0 Å². The average Bonchev–Trinajstić information content (AvgIpc) is 3.23. The number of carbonyl (C=O) groups is 1. The van der Waals surface area contributed by atoms with Gasteiger partial charge >= 0.3 is 0 Å². The molecule has 0 N–H and O–H groups in total. The van der Waals surface area contributed by atoms with E-state index in [-0.39, 0.29) is 17.4 Å². The van der Waals surface area contributed by atoms with Gasteiger partial charge in [-0.3, -0.25) is 4.79 Å². The van der Waals surface area contributed by atoms with E-state index in [1.165, 1.54) is 0 Å². The first-order valence-electron chi connectivity index (χ1n) is 8.73. The number of furan rings is 1. The molecule has 1 atom stereocenters. The van der Waals surface area contributed by atoms with Crippen molar-refractivity contribution in [2.45, 2.75) is 64.3 Å². The fourth-order valence-electron chi connectivity index (χ4n) is 3.10. The Morgan fingerprint density at radius 3 is 2.92 bits per heavy atom. The summed E-state index contributed by atoms with van der Waals surface area (Å²) in [5.41, 5.74) is 1.17. The van der Waals surface area contributed by atoms with E-state index in [1.54, 1.807) is 17.6 Å². The first-order chi connectivity index (χ1) is 11.4. The molecule has 0 spiro atoms. The maximum Gasteiger partial charge on any atom is 0.223 e. The topological polar surface area (TPSA) is 46.3 Å². The molecule has 2 aromatic rings. The lowest BCUT2D eigenvalue weighted by Gasteiger charge is -2.34. The van der Waals surface area contributed by atoms with Crippen molar-refractivity contribution >= 4 is 17.2 Å². The third-order valence-corrected chi connectivity index (χ3v) is 5.51. The van der Waals surface area contributed by atoms with Gasteiger partial charge in [-0.25, -0.2) is 4.98 Å². The van der Waals surface area contributed by atoms with E-state index < -0.39 is 0 Å². The average molecular weight is 346 g/mol. The molecule has 0 bridgehead atoms. The highest BCUT2D eigenvalue weighted by molar-refractivity contribution is 7.09. The zero-order valence-electron chi connectivity index (χ0n) is 14.7. The number of likely N-dealkylation sites (tertiary alicyclic amines) is 1. The van der Waals surface area contributed by atoms with Crippen molar-refractivity contribution in [3.63, 3.8) is 0 Å². The third-order valence-electron chi connectivity index (χ3n) is 4.56. The van der Waals surface area contributed by atoms with Crippen LogP contribution in [0.2, 0.25) is 0 Å². The number of rotatable bonds is 4. The van der Waals surface area contributed by atoms with Crippen molar-refractivity contribution in [2.24, 2.45) is 0 Å². The molecule has 1 aliphatic rings. The van der Waals surface area contributed by atoms with Gasteiger partial charge < -0.3 is 9.32 Å². The Bertz CT molecular complexity index is 670. The predicted molar refractivity (Wildman–Crippen MR) is 96.1 cm³/mol.